The van der Waals surface area contributed by atoms with E-state index in [0.717, 1.165) is 5.56 Å². The van der Waals surface area contributed by atoms with E-state index < -0.39 is 0 Å². The molecule has 1 aromatic carbocycles. The number of aryl methyl sites for hydroxylation is 1. The van der Waals surface area contributed by atoms with Crippen molar-refractivity contribution in [2.75, 3.05) is 0 Å². The SMILES string of the molecule is Cc1cc(F)c(CC#N)c(Br)c1. The van der Waals surface area contributed by atoms with Crippen LogP contribution in [0.1, 0.15) is 11.1 Å². The molecule has 0 aromatic heterocycles. The number of nitriles is 1. The molecule has 12 heavy (non-hydrogen) atoms. The normalized spacial score (nSPS) is 9.50. The van der Waals surface area contributed by atoms with E-state index in [9.17, 15) is 4.39 Å². The van der Waals surface area contributed by atoms with Gasteiger partial charge >= 0.3 is 0 Å². The van der Waals surface area contributed by atoms with Crippen molar-refractivity contribution in [3.05, 3.63) is 33.5 Å². The van der Waals surface area contributed by atoms with Crippen LogP contribution in [0.25, 0.3) is 0 Å². The van der Waals surface area contributed by atoms with Crippen LogP contribution in [0.2, 0.25) is 0 Å². The van der Waals surface area contributed by atoms with Gasteiger partial charge in [0.05, 0.1) is 12.5 Å². The van der Waals surface area contributed by atoms with Gasteiger partial charge in [0.1, 0.15) is 5.82 Å². The predicted octanol–water partition coefficient (Wildman–Crippen LogP) is 2.96. The number of nitrogens with zero attached hydrogens (tertiary/aromatic N) is 1. The molecule has 3 heteroatoms. The van der Waals surface area contributed by atoms with Gasteiger partial charge in [0.25, 0.3) is 0 Å². The van der Waals surface area contributed by atoms with E-state index in [1.807, 2.05) is 13.0 Å². The second kappa shape index (κ2) is 3.68. The smallest absolute Gasteiger partial charge is 0.128 e. The van der Waals surface area contributed by atoms with Crippen molar-refractivity contribution in [2.24, 2.45) is 0 Å². The lowest BCUT2D eigenvalue weighted by molar-refractivity contribution is 0.612. The van der Waals surface area contributed by atoms with Crippen LogP contribution < -0.4 is 0 Å². The Labute approximate surface area is 79.0 Å². The van der Waals surface area contributed by atoms with Crippen LogP contribution in [0.5, 0.6) is 0 Å². The maximum absolute atomic E-state index is 13.1. The number of hydrogen-bond acceptors (Lipinski definition) is 1. The van der Waals surface area contributed by atoms with Gasteiger partial charge in [-0.1, -0.05) is 15.9 Å². The lowest BCUT2D eigenvalue weighted by atomic mass is 10.1. The summed E-state index contributed by atoms with van der Waals surface area (Å²) in [6.07, 6.45) is 0.104. The largest absolute Gasteiger partial charge is 0.207 e. The summed E-state index contributed by atoms with van der Waals surface area (Å²) in [6.45, 7) is 1.81. The van der Waals surface area contributed by atoms with Crippen LogP contribution in [0.4, 0.5) is 4.39 Å². The monoisotopic (exact) mass is 227 g/mol. The van der Waals surface area contributed by atoms with Gasteiger partial charge in [-0.2, -0.15) is 5.26 Å². The van der Waals surface area contributed by atoms with Crippen molar-refractivity contribution in [1.82, 2.24) is 0 Å². The van der Waals surface area contributed by atoms with Crippen molar-refractivity contribution >= 4 is 15.9 Å². The Morgan fingerprint density at radius 2 is 2.25 bits per heavy atom. The molecule has 0 saturated carbocycles. The summed E-state index contributed by atoms with van der Waals surface area (Å²) < 4.78 is 13.8. The van der Waals surface area contributed by atoms with Gasteiger partial charge in [-0.15, -0.1) is 0 Å². The summed E-state index contributed by atoms with van der Waals surface area (Å²) in [5.41, 5.74) is 1.28. The topological polar surface area (TPSA) is 23.8 Å². The Hall–Kier alpha value is -0.880. The van der Waals surface area contributed by atoms with Crippen molar-refractivity contribution in [3.63, 3.8) is 0 Å². The zero-order valence-corrected chi connectivity index (χ0v) is 8.15. The second-order valence-corrected chi connectivity index (χ2v) is 3.40. The molecule has 0 aliphatic rings. The van der Waals surface area contributed by atoms with E-state index in [1.54, 1.807) is 6.07 Å². The van der Waals surface area contributed by atoms with Crippen molar-refractivity contribution in [3.8, 4) is 6.07 Å². The van der Waals surface area contributed by atoms with E-state index in [2.05, 4.69) is 15.9 Å². The quantitative estimate of drug-likeness (QED) is 0.724. The zero-order chi connectivity index (χ0) is 9.14. The number of rotatable bonds is 1. The van der Waals surface area contributed by atoms with Gasteiger partial charge in [0.2, 0.25) is 0 Å². The maximum atomic E-state index is 13.1. The molecule has 0 radical (unpaired) electrons. The van der Waals surface area contributed by atoms with Crippen molar-refractivity contribution < 1.29 is 4.39 Å². The molecule has 0 aliphatic carbocycles. The third kappa shape index (κ3) is 1.83. The lowest BCUT2D eigenvalue weighted by Gasteiger charge is -2.02. The Kier molecular flexibility index (Phi) is 2.83. The van der Waals surface area contributed by atoms with Crippen molar-refractivity contribution in [1.29, 1.82) is 5.26 Å². The molecule has 0 bridgehead atoms. The molecule has 0 aliphatic heterocycles. The molecule has 0 saturated heterocycles. The lowest BCUT2D eigenvalue weighted by Crippen LogP contribution is -1.91. The first-order valence-electron chi connectivity index (χ1n) is 3.46. The van der Waals surface area contributed by atoms with E-state index >= 15 is 0 Å². The molecule has 0 heterocycles. The third-order valence-electron chi connectivity index (χ3n) is 1.54. The van der Waals surface area contributed by atoms with Crippen LogP contribution in [-0.4, -0.2) is 0 Å². The highest BCUT2D eigenvalue weighted by Crippen LogP contribution is 2.21. The number of hydrogen-bond donors (Lipinski definition) is 0. The molecule has 0 amide bonds. The molecular formula is C9H7BrFN. The van der Waals surface area contributed by atoms with E-state index in [0.29, 0.717) is 10.0 Å². The summed E-state index contributed by atoms with van der Waals surface area (Å²) in [4.78, 5) is 0. The molecule has 0 unspecified atom stereocenters. The van der Waals surface area contributed by atoms with Crippen LogP contribution in [-0.2, 0) is 6.42 Å². The number of benzene rings is 1. The summed E-state index contributed by atoms with van der Waals surface area (Å²) in [7, 11) is 0. The van der Waals surface area contributed by atoms with Gasteiger partial charge in [-0.3, -0.25) is 0 Å². The van der Waals surface area contributed by atoms with Crippen LogP contribution >= 0.6 is 15.9 Å². The first-order valence-corrected chi connectivity index (χ1v) is 4.26. The molecule has 1 nitrogen and oxygen atoms in total. The first kappa shape index (κ1) is 9.21. The van der Waals surface area contributed by atoms with Crippen molar-refractivity contribution in [2.45, 2.75) is 13.3 Å². The predicted molar refractivity (Wildman–Crippen MR) is 48.2 cm³/mol. The molecule has 0 fully saturated rings. The highest BCUT2D eigenvalue weighted by Gasteiger charge is 2.06. The van der Waals surface area contributed by atoms with Gasteiger partial charge in [-0.05, 0) is 24.6 Å². The van der Waals surface area contributed by atoms with E-state index in [4.69, 9.17) is 5.26 Å². The van der Waals surface area contributed by atoms with Gasteiger partial charge in [0, 0.05) is 10.0 Å². The summed E-state index contributed by atoms with van der Waals surface area (Å²) in [5, 5.41) is 8.40. The molecule has 1 rings (SSSR count). The van der Waals surface area contributed by atoms with Gasteiger partial charge < -0.3 is 0 Å². The van der Waals surface area contributed by atoms with E-state index in [1.165, 1.54) is 6.07 Å². The van der Waals surface area contributed by atoms with E-state index in [-0.39, 0.29) is 12.2 Å². The maximum Gasteiger partial charge on any atom is 0.128 e. The minimum absolute atomic E-state index is 0.104. The van der Waals surface area contributed by atoms with Crippen LogP contribution in [0, 0.1) is 24.1 Å². The third-order valence-corrected chi connectivity index (χ3v) is 2.25. The highest BCUT2D eigenvalue weighted by atomic mass is 79.9. The summed E-state index contributed by atoms with van der Waals surface area (Å²) >= 11 is 3.21. The summed E-state index contributed by atoms with van der Waals surface area (Å²) in [6, 6.07) is 5.14. The minimum atomic E-state index is -0.316. The fourth-order valence-corrected chi connectivity index (χ4v) is 1.67. The molecular weight excluding hydrogens is 221 g/mol. The zero-order valence-electron chi connectivity index (χ0n) is 6.56. The fourth-order valence-electron chi connectivity index (χ4n) is 0.978. The Bertz CT molecular complexity index is 318. The molecule has 1 aromatic rings. The second-order valence-electron chi connectivity index (χ2n) is 2.54. The van der Waals surface area contributed by atoms with Crippen LogP contribution in [0.3, 0.4) is 0 Å². The molecule has 0 spiro atoms. The molecule has 62 valence electrons. The Morgan fingerprint density at radius 1 is 1.58 bits per heavy atom. The number of halogens is 2. The molecule has 0 atom stereocenters. The average Bonchev–Trinajstić information content (AvgIpc) is 1.96. The van der Waals surface area contributed by atoms with Crippen LogP contribution in [0.15, 0.2) is 16.6 Å². The fraction of sp³-hybridized carbons (Fsp3) is 0.222. The Morgan fingerprint density at radius 3 is 2.75 bits per heavy atom. The standard InChI is InChI=1S/C9H7BrFN/c1-6-4-8(10)7(2-3-12)9(11)5-6/h4-5H,2H2,1H3. The average molecular weight is 228 g/mol. The minimum Gasteiger partial charge on any atom is -0.207 e. The summed E-state index contributed by atoms with van der Waals surface area (Å²) in [5.74, 6) is -0.316. The van der Waals surface area contributed by atoms with Gasteiger partial charge in [-0.25, -0.2) is 4.39 Å². The Balaban J connectivity index is 3.21. The highest BCUT2D eigenvalue weighted by molar-refractivity contribution is 9.10. The first-order chi connectivity index (χ1) is 5.65. The molecule has 0 N–H and O–H groups in total. The van der Waals surface area contributed by atoms with Gasteiger partial charge in [0.15, 0.2) is 0 Å².